The number of nitrogens with zero attached hydrogens (tertiary/aromatic N) is 1. The molecular formula is C13H32N2O6S2. The van der Waals surface area contributed by atoms with Gasteiger partial charge in [0.25, 0.3) is 0 Å². The molecule has 0 amide bonds. The van der Waals surface area contributed by atoms with Crippen LogP contribution in [-0.2, 0) is 29.5 Å². The molecule has 0 rings (SSSR count). The average molecular weight is 377 g/mol. The lowest BCUT2D eigenvalue weighted by molar-refractivity contribution is 0.215. The lowest BCUT2D eigenvalue weighted by Gasteiger charge is -2.20. The van der Waals surface area contributed by atoms with Crippen LogP contribution in [0.15, 0.2) is 0 Å². The van der Waals surface area contributed by atoms with Crippen molar-refractivity contribution in [3.63, 3.8) is 0 Å². The molecule has 0 aromatic rings. The highest BCUT2D eigenvalue weighted by Gasteiger charge is 2.19. The van der Waals surface area contributed by atoms with E-state index in [0.29, 0.717) is 0 Å². The molecule has 10 heteroatoms. The Labute approximate surface area is 141 Å². The molecule has 0 saturated carbocycles. The van der Waals surface area contributed by atoms with Crippen LogP contribution in [0.3, 0.4) is 0 Å². The van der Waals surface area contributed by atoms with Crippen LogP contribution >= 0.6 is 0 Å². The highest BCUT2D eigenvalue weighted by atomic mass is 32.2. The normalized spacial score (nSPS) is 12.6. The monoisotopic (exact) mass is 376 g/mol. The van der Waals surface area contributed by atoms with Gasteiger partial charge in [0.2, 0.25) is 20.0 Å². The van der Waals surface area contributed by atoms with Crippen LogP contribution in [0, 0.1) is 0 Å². The molecule has 0 aromatic carbocycles. The second-order valence-corrected chi connectivity index (χ2v) is 9.52. The Kier molecular flexibility index (Phi) is 13.2. The lowest BCUT2D eigenvalue weighted by atomic mass is 10.4. The fraction of sp³-hybridized carbons (Fsp3) is 1.00. The van der Waals surface area contributed by atoms with E-state index in [9.17, 15) is 16.8 Å². The molecule has 0 radical (unpaired) electrons. The average Bonchev–Trinajstić information content (AvgIpc) is 2.41. The van der Waals surface area contributed by atoms with Crippen LogP contribution in [0.25, 0.3) is 0 Å². The molecular weight excluding hydrogens is 344 g/mol. The molecule has 0 atom stereocenters. The first kappa shape index (κ1) is 25.0. The quantitative estimate of drug-likeness (QED) is 0.587. The van der Waals surface area contributed by atoms with Crippen molar-refractivity contribution in [1.82, 2.24) is 9.03 Å². The number of methoxy groups -OCH3 is 2. The summed E-state index contributed by atoms with van der Waals surface area (Å²) in [7, 11) is -1.68. The van der Waals surface area contributed by atoms with E-state index in [-0.39, 0.29) is 36.8 Å². The fourth-order valence-electron chi connectivity index (χ4n) is 1.26. The minimum atomic E-state index is -3.12. The van der Waals surface area contributed by atoms with Crippen molar-refractivity contribution < 1.29 is 26.3 Å². The fourth-order valence-corrected chi connectivity index (χ4v) is 3.79. The lowest BCUT2D eigenvalue weighted by Crippen LogP contribution is -2.35. The maximum atomic E-state index is 11.4. The summed E-state index contributed by atoms with van der Waals surface area (Å²) in [5, 5.41) is 0. The van der Waals surface area contributed by atoms with Crippen LogP contribution in [0.1, 0.15) is 27.7 Å². The third kappa shape index (κ3) is 13.8. The maximum Gasteiger partial charge on any atom is 0.216 e. The van der Waals surface area contributed by atoms with E-state index < -0.39 is 20.0 Å². The molecule has 0 unspecified atom stereocenters. The Bertz CT molecular complexity index is 489. The van der Waals surface area contributed by atoms with Crippen molar-refractivity contribution in [2.24, 2.45) is 0 Å². The van der Waals surface area contributed by atoms with Gasteiger partial charge in [-0.1, -0.05) is 0 Å². The molecule has 0 aliphatic rings. The zero-order valence-electron chi connectivity index (χ0n) is 15.2. The standard InChI is InChI=1S/C7H17NO3S.C6H15NO3S/c1-7(2)8(3)12(9,10)6-5-11-4;1-6(2)7-11(8,9)5-4-10-3/h7H,5-6H2,1-4H3;6-7H,4-5H2,1-3H3. The van der Waals surface area contributed by atoms with Gasteiger partial charge in [-0.15, -0.1) is 0 Å². The Balaban J connectivity index is 0. The first-order chi connectivity index (χ1) is 10.4. The summed E-state index contributed by atoms with van der Waals surface area (Å²) in [6.45, 7) is 7.73. The largest absolute Gasteiger partial charge is 0.384 e. The molecule has 1 N–H and O–H groups in total. The summed E-state index contributed by atoms with van der Waals surface area (Å²) in [5.41, 5.74) is 0. The van der Waals surface area contributed by atoms with Crippen LogP contribution in [0.5, 0.6) is 0 Å². The van der Waals surface area contributed by atoms with Gasteiger partial charge in [-0.2, -0.15) is 0 Å². The van der Waals surface area contributed by atoms with Crippen molar-refractivity contribution in [3.05, 3.63) is 0 Å². The molecule has 0 aliphatic carbocycles. The Hall–Kier alpha value is -0.260. The molecule has 0 fully saturated rings. The van der Waals surface area contributed by atoms with Gasteiger partial charge < -0.3 is 9.47 Å². The third-order valence-electron chi connectivity index (χ3n) is 2.68. The van der Waals surface area contributed by atoms with Crippen molar-refractivity contribution in [2.45, 2.75) is 39.8 Å². The zero-order valence-corrected chi connectivity index (χ0v) is 16.8. The third-order valence-corrected chi connectivity index (χ3v) is 6.20. The van der Waals surface area contributed by atoms with E-state index in [0.717, 1.165) is 0 Å². The van der Waals surface area contributed by atoms with Gasteiger partial charge in [-0.3, -0.25) is 0 Å². The summed E-state index contributed by atoms with van der Waals surface area (Å²) >= 11 is 0. The second-order valence-electron chi connectivity index (χ2n) is 5.50. The van der Waals surface area contributed by atoms with Gasteiger partial charge in [0.1, 0.15) is 0 Å². The molecule has 142 valence electrons. The Morgan fingerprint density at radius 1 is 0.913 bits per heavy atom. The Morgan fingerprint density at radius 2 is 1.35 bits per heavy atom. The van der Waals surface area contributed by atoms with E-state index >= 15 is 0 Å². The van der Waals surface area contributed by atoms with Crippen molar-refractivity contribution in [3.8, 4) is 0 Å². The SMILES string of the molecule is COCCS(=O)(=O)N(C)C(C)C.COCCS(=O)(=O)NC(C)C. The summed E-state index contributed by atoms with van der Waals surface area (Å²) in [6.07, 6.45) is 0. The molecule has 0 heterocycles. The van der Waals surface area contributed by atoms with Gasteiger partial charge in [-0.25, -0.2) is 25.9 Å². The van der Waals surface area contributed by atoms with E-state index in [1.165, 1.54) is 18.5 Å². The number of hydrogen-bond donors (Lipinski definition) is 1. The van der Waals surface area contributed by atoms with Gasteiger partial charge in [0.15, 0.2) is 0 Å². The summed E-state index contributed by atoms with van der Waals surface area (Å²) in [6, 6.07) is -0.0382. The molecule has 8 nitrogen and oxygen atoms in total. The minimum Gasteiger partial charge on any atom is -0.384 e. The molecule has 23 heavy (non-hydrogen) atoms. The molecule has 0 spiro atoms. The molecule has 0 bridgehead atoms. The molecule has 0 saturated heterocycles. The van der Waals surface area contributed by atoms with Gasteiger partial charge in [0.05, 0.1) is 24.7 Å². The number of sulfonamides is 2. The van der Waals surface area contributed by atoms with E-state index in [4.69, 9.17) is 4.74 Å². The predicted octanol–water partition coefficient (Wildman–Crippen LogP) is 0.263. The number of rotatable bonds is 10. The van der Waals surface area contributed by atoms with Gasteiger partial charge >= 0.3 is 0 Å². The van der Waals surface area contributed by atoms with Crippen molar-refractivity contribution in [1.29, 1.82) is 0 Å². The molecule has 0 aliphatic heterocycles. The van der Waals surface area contributed by atoms with Crippen molar-refractivity contribution in [2.75, 3.05) is 46.0 Å². The maximum absolute atomic E-state index is 11.4. The van der Waals surface area contributed by atoms with Gasteiger partial charge in [-0.05, 0) is 27.7 Å². The predicted molar refractivity (Wildman–Crippen MR) is 92.5 cm³/mol. The topological polar surface area (TPSA) is 102 Å². The smallest absolute Gasteiger partial charge is 0.216 e. The van der Waals surface area contributed by atoms with E-state index in [1.807, 2.05) is 13.8 Å². The van der Waals surface area contributed by atoms with Crippen LogP contribution < -0.4 is 4.72 Å². The number of ether oxygens (including phenoxy) is 2. The first-order valence-corrected chi connectivity index (χ1v) is 10.6. The number of nitrogens with one attached hydrogen (secondary N) is 1. The summed E-state index contributed by atoms with van der Waals surface area (Å²) in [5.74, 6) is 0.0832. The second kappa shape index (κ2) is 12.2. The summed E-state index contributed by atoms with van der Waals surface area (Å²) < 4.78 is 57.9. The highest BCUT2D eigenvalue weighted by molar-refractivity contribution is 7.89. The van der Waals surface area contributed by atoms with E-state index in [2.05, 4.69) is 9.46 Å². The number of hydrogen-bond acceptors (Lipinski definition) is 6. The Morgan fingerprint density at radius 3 is 1.70 bits per heavy atom. The molecule has 0 aromatic heterocycles. The minimum absolute atomic E-state index is 0.00635. The van der Waals surface area contributed by atoms with Gasteiger partial charge in [0, 0.05) is 33.4 Å². The van der Waals surface area contributed by atoms with Crippen LogP contribution in [0.2, 0.25) is 0 Å². The first-order valence-electron chi connectivity index (χ1n) is 7.33. The van der Waals surface area contributed by atoms with E-state index in [1.54, 1.807) is 20.9 Å². The van der Waals surface area contributed by atoms with Crippen LogP contribution in [0.4, 0.5) is 0 Å². The summed E-state index contributed by atoms with van der Waals surface area (Å²) in [4.78, 5) is 0. The van der Waals surface area contributed by atoms with Crippen LogP contribution in [-0.4, -0.2) is 79.2 Å². The van der Waals surface area contributed by atoms with Crippen molar-refractivity contribution >= 4 is 20.0 Å². The highest BCUT2D eigenvalue weighted by Crippen LogP contribution is 2.03. The zero-order chi connectivity index (χ0) is 18.7.